The van der Waals surface area contributed by atoms with Gasteiger partial charge in [0.2, 0.25) is 0 Å². The van der Waals surface area contributed by atoms with Gasteiger partial charge in [-0.2, -0.15) is 0 Å². The predicted molar refractivity (Wildman–Crippen MR) is 83.2 cm³/mol. The molecule has 0 amide bonds. The summed E-state index contributed by atoms with van der Waals surface area (Å²) in [6.45, 7) is 6.98. The molecule has 1 aliphatic rings. The molecule has 0 bridgehead atoms. The summed E-state index contributed by atoms with van der Waals surface area (Å²) in [5, 5.41) is 0. The Morgan fingerprint density at radius 2 is 2.05 bits per heavy atom. The molecule has 4 nitrogen and oxygen atoms in total. The number of hydrazine groups is 1. The van der Waals surface area contributed by atoms with Crippen molar-refractivity contribution in [3.63, 3.8) is 0 Å². The van der Waals surface area contributed by atoms with E-state index < -0.39 is 0 Å². The number of pyridine rings is 1. The maximum Gasteiger partial charge on any atom is 0.0435 e. The van der Waals surface area contributed by atoms with Crippen LogP contribution in [0.5, 0.6) is 0 Å². The monoisotopic (exact) mass is 276 g/mol. The summed E-state index contributed by atoms with van der Waals surface area (Å²) < 4.78 is 0. The fraction of sp³-hybridized carbons (Fsp3) is 0.688. The van der Waals surface area contributed by atoms with Crippen molar-refractivity contribution in [3.05, 3.63) is 30.1 Å². The van der Waals surface area contributed by atoms with Gasteiger partial charge in [-0.05, 0) is 56.8 Å². The Morgan fingerprint density at radius 3 is 2.55 bits per heavy atom. The van der Waals surface area contributed by atoms with Crippen LogP contribution >= 0.6 is 0 Å². The van der Waals surface area contributed by atoms with Crippen LogP contribution in [-0.2, 0) is 6.42 Å². The Balaban J connectivity index is 2.20. The zero-order chi connectivity index (χ0) is 14.4. The van der Waals surface area contributed by atoms with Crippen molar-refractivity contribution in [2.75, 3.05) is 13.1 Å². The van der Waals surface area contributed by atoms with Crippen LogP contribution < -0.4 is 11.3 Å². The second-order valence-electron chi connectivity index (χ2n) is 5.79. The molecule has 0 aromatic carbocycles. The smallest absolute Gasteiger partial charge is 0.0435 e. The van der Waals surface area contributed by atoms with E-state index in [1.807, 2.05) is 18.5 Å². The molecule has 1 aromatic heterocycles. The fourth-order valence-electron chi connectivity index (χ4n) is 3.73. The van der Waals surface area contributed by atoms with Gasteiger partial charge in [-0.3, -0.25) is 21.2 Å². The van der Waals surface area contributed by atoms with E-state index >= 15 is 0 Å². The molecule has 1 aromatic rings. The van der Waals surface area contributed by atoms with Gasteiger partial charge < -0.3 is 0 Å². The van der Waals surface area contributed by atoms with E-state index in [2.05, 4.69) is 35.2 Å². The summed E-state index contributed by atoms with van der Waals surface area (Å²) in [7, 11) is 0. The van der Waals surface area contributed by atoms with E-state index in [4.69, 9.17) is 5.84 Å². The first-order chi connectivity index (χ1) is 9.76. The average Bonchev–Trinajstić information content (AvgIpc) is 3.03. The Kier molecular flexibility index (Phi) is 5.52. The second-order valence-corrected chi connectivity index (χ2v) is 5.79. The van der Waals surface area contributed by atoms with Crippen molar-refractivity contribution in [3.8, 4) is 0 Å². The molecule has 1 saturated heterocycles. The van der Waals surface area contributed by atoms with E-state index in [1.165, 1.54) is 31.5 Å². The number of rotatable bonds is 7. The SMILES string of the molecule is CCC(CC)(C(Cc1cccnc1)NN)N1CCCC1. The lowest BCUT2D eigenvalue weighted by molar-refractivity contribution is 0.0620. The first kappa shape index (κ1) is 15.4. The molecule has 3 N–H and O–H groups in total. The number of nitrogens with two attached hydrogens (primary N) is 1. The highest BCUT2D eigenvalue weighted by Gasteiger charge is 2.41. The van der Waals surface area contributed by atoms with Crippen LogP contribution in [0.4, 0.5) is 0 Å². The zero-order valence-electron chi connectivity index (χ0n) is 12.8. The minimum Gasteiger partial charge on any atom is -0.296 e. The maximum absolute atomic E-state index is 5.93. The molecule has 0 aliphatic carbocycles. The molecule has 20 heavy (non-hydrogen) atoms. The molecular formula is C16H28N4. The Labute approximate surface area is 122 Å². The van der Waals surface area contributed by atoms with Gasteiger partial charge in [-0.1, -0.05) is 19.9 Å². The van der Waals surface area contributed by atoms with Crippen molar-refractivity contribution >= 4 is 0 Å². The van der Waals surface area contributed by atoms with E-state index in [9.17, 15) is 0 Å². The van der Waals surface area contributed by atoms with Crippen LogP contribution in [-0.4, -0.2) is 34.6 Å². The van der Waals surface area contributed by atoms with Gasteiger partial charge in [-0.15, -0.1) is 0 Å². The number of likely N-dealkylation sites (tertiary alicyclic amines) is 1. The molecule has 1 aliphatic heterocycles. The van der Waals surface area contributed by atoms with E-state index in [0.717, 1.165) is 19.3 Å². The minimum absolute atomic E-state index is 0.154. The number of hydrogen-bond donors (Lipinski definition) is 2. The molecule has 2 heterocycles. The number of hydrogen-bond acceptors (Lipinski definition) is 4. The quantitative estimate of drug-likeness (QED) is 0.591. The number of aromatic nitrogens is 1. The third kappa shape index (κ3) is 3.03. The van der Waals surface area contributed by atoms with Crippen LogP contribution in [0.2, 0.25) is 0 Å². The lowest BCUT2D eigenvalue weighted by Gasteiger charge is -2.46. The van der Waals surface area contributed by atoms with E-state index in [0.29, 0.717) is 0 Å². The van der Waals surface area contributed by atoms with Gasteiger partial charge in [0.25, 0.3) is 0 Å². The van der Waals surface area contributed by atoms with Crippen LogP contribution in [0, 0.1) is 0 Å². The third-order valence-corrected chi connectivity index (χ3v) is 4.97. The van der Waals surface area contributed by atoms with Crippen molar-refractivity contribution in [1.82, 2.24) is 15.3 Å². The summed E-state index contributed by atoms with van der Waals surface area (Å²) in [6, 6.07) is 4.40. The number of nitrogens with zero attached hydrogens (tertiary/aromatic N) is 2. The van der Waals surface area contributed by atoms with E-state index in [1.54, 1.807) is 0 Å². The van der Waals surface area contributed by atoms with Gasteiger partial charge >= 0.3 is 0 Å². The third-order valence-electron chi connectivity index (χ3n) is 4.97. The van der Waals surface area contributed by atoms with Crippen molar-refractivity contribution in [2.24, 2.45) is 5.84 Å². The fourth-order valence-corrected chi connectivity index (χ4v) is 3.73. The van der Waals surface area contributed by atoms with E-state index in [-0.39, 0.29) is 11.6 Å². The minimum atomic E-state index is 0.154. The lowest BCUT2D eigenvalue weighted by atomic mass is 9.80. The number of nitrogens with one attached hydrogen (secondary N) is 1. The molecule has 0 spiro atoms. The van der Waals surface area contributed by atoms with Crippen LogP contribution in [0.25, 0.3) is 0 Å². The van der Waals surface area contributed by atoms with Crippen molar-refractivity contribution in [1.29, 1.82) is 0 Å². The molecule has 2 rings (SSSR count). The highest BCUT2D eigenvalue weighted by Crippen LogP contribution is 2.32. The Hall–Kier alpha value is -0.970. The Morgan fingerprint density at radius 1 is 1.35 bits per heavy atom. The summed E-state index contributed by atoms with van der Waals surface area (Å²) in [6.07, 6.45) is 9.57. The molecule has 1 atom stereocenters. The van der Waals surface area contributed by atoms with Gasteiger partial charge in [0.1, 0.15) is 0 Å². The topological polar surface area (TPSA) is 54.2 Å². The molecule has 4 heteroatoms. The standard InChI is InChI=1S/C16H28N4/c1-3-16(4-2,20-10-5-6-11-20)15(19-17)12-14-8-7-9-18-13-14/h7-9,13,15,19H,3-6,10-12,17H2,1-2H3. The predicted octanol–water partition coefficient (Wildman–Crippen LogP) is 2.11. The van der Waals surface area contributed by atoms with Crippen LogP contribution in [0.15, 0.2) is 24.5 Å². The van der Waals surface area contributed by atoms with Gasteiger partial charge in [0.05, 0.1) is 0 Å². The highest BCUT2D eigenvalue weighted by atomic mass is 15.3. The Bertz CT molecular complexity index is 383. The largest absolute Gasteiger partial charge is 0.296 e. The first-order valence-electron chi connectivity index (χ1n) is 7.87. The van der Waals surface area contributed by atoms with Gasteiger partial charge in [-0.25, -0.2) is 0 Å². The lowest BCUT2D eigenvalue weighted by Crippen LogP contribution is -2.62. The summed E-state index contributed by atoms with van der Waals surface area (Å²) in [5.74, 6) is 5.93. The first-order valence-corrected chi connectivity index (χ1v) is 7.87. The maximum atomic E-state index is 5.93. The van der Waals surface area contributed by atoms with Crippen LogP contribution in [0.1, 0.15) is 45.1 Å². The van der Waals surface area contributed by atoms with Gasteiger partial charge in [0.15, 0.2) is 0 Å². The summed E-state index contributed by atoms with van der Waals surface area (Å²) >= 11 is 0. The molecule has 1 fully saturated rings. The highest BCUT2D eigenvalue weighted by molar-refractivity contribution is 5.13. The van der Waals surface area contributed by atoms with Gasteiger partial charge in [0, 0.05) is 24.0 Å². The summed E-state index contributed by atoms with van der Waals surface area (Å²) in [4.78, 5) is 6.87. The molecule has 0 saturated carbocycles. The second kappa shape index (κ2) is 7.16. The van der Waals surface area contributed by atoms with Crippen molar-refractivity contribution < 1.29 is 0 Å². The van der Waals surface area contributed by atoms with Crippen molar-refractivity contribution in [2.45, 2.75) is 57.5 Å². The molecule has 1 unspecified atom stereocenters. The zero-order valence-corrected chi connectivity index (χ0v) is 12.8. The van der Waals surface area contributed by atoms with Crippen LogP contribution in [0.3, 0.4) is 0 Å². The average molecular weight is 276 g/mol. The molecule has 0 radical (unpaired) electrons. The molecule has 112 valence electrons. The molecular weight excluding hydrogens is 248 g/mol. The summed E-state index contributed by atoms with van der Waals surface area (Å²) in [5.41, 5.74) is 4.51. The normalized spacial score (nSPS) is 18.4.